The number of thiophene rings is 1. The van der Waals surface area contributed by atoms with Gasteiger partial charge in [-0.3, -0.25) is 0 Å². The van der Waals surface area contributed by atoms with E-state index in [1.807, 2.05) is 66.8 Å². The maximum atomic E-state index is 12.6. The van der Waals surface area contributed by atoms with Crippen molar-refractivity contribution < 1.29 is 9.53 Å². The van der Waals surface area contributed by atoms with Crippen LogP contribution in [0, 0.1) is 0 Å². The Hall–Kier alpha value is -2.73. The first-order chi connectivity index (χ1) is 12.1. The Morgan fingerprint density at radius 2 is 1.88 bits per heavy atom. The maximum Gasteiger partial charge on any atom is 0.344 e. The largest absolute Gasteiger partial charge is 0.462 e. The third-order valence-corrected chi connectivity index (χ3v) is 4.46. The molecule has 0 N–H and O–H groups in total. The minimum atomic E-state index is -0.408. The standard InChI is InChI=1S/C19H19N3O2S/c1-4-24-19(23)15-16(14-11-8-12-25-14)20-17(21-18(15)22(2)3)13-9-6-5-7-10-13/h5-12H,4H2,1-3H3. The second-order valence-corrected chi connectivity index (χ2v) is 6.50. The second-order valence-electron chi connectivity index (χ2n) is 5.55. The number of hydrogen-bond donors (Lipinski definition) is 0. The predicted molar refractivity (Wildman–Crippen MR) is 101 cm³/mol. The Morgan fingerprint density at radius 3 is 2.48 bits per heavy atom. The molecule has 0 fully saturated rings. The van der Waals surface area contributed by atoms with Gasteiger partial charge in [0.2, 0.25) is 0 Å². The minimum absolute atomic E-state index is 0.302. The van der Waals surface area contributed by atoms with Crippen molar-refractivity contribution in [2.45, 2.75) is 6.92 Å². The van der Waals surface area contributed by atoms with Crippen LogP contribution < -0.4 is 4.90 Å². The summed E-state index contributed by atoms with van der Waals surface area (Å²) in [6, 6.07) is 13.6. The fourth-order valence-electron chi connectivity index (χ4n) is 2.47. The van der Waals surface area contributed by atoms with E-state index in [9.17, 15) is 4.79 Å². The number of rotatable bonds is 5. The summed E-state index contributed by atoms with van der Waals surface area (Å²) in [5.74, 6) is 0.727. The van der Waals surface area contributed by atoms with Gasteiger partial charge >= 0.3 is 5.97 Å². The van der Waals surface area contributed by atoms with Gasteiger partial charge in [-0.05, 0) is 18.4 Å². The van der Waals surface area contributed by atoms with E-state index in [0.717, 1.165) is 10.4 Å². The van der Waals surface area contributed by atoms with Crippen LogP contribution in [0.5, 0.6) is 0 Å². The van der Waals surface area contributed by atoms with Gasteiger partial charge in [-0.25, -0.2) is 14.8 Å². The number of benzene rings is 1. The van der Waals surface area contributed by atoms with E-state index in [-0.39, 0.29) is 0 Å². The van der Waals surface area contributed by atoms with Crippen LogP contribution in [0.2, 0.25) is 0 Å². The average Bonchev–Trinajstić information content (AvgIpc) is 3.16. The highest BCUT2D eigenvalue weighted by Gasteiger charge is 2.25. The molecule has 128 valence electrons. The first kappa shape index (κ1) is 17.1. The smallest absolute Gasteiger partial charge is 0.344 e. The minimum Gasteiger partial charge on any atom is -0.462 e. The first-order valence-corrected chi connectivity index (χ1v) is 8.85. The van der Waals surface area contributed by atoms with Crippen molar-refractivity contribution in [1.82, 2.24) is 9.97 Å². The molecule has 0 amide bonds. The van der Waals surface area contributed by atoms with E-state index >= 15 is 0 Å². The van der Waals surface area contributed by atoms with Gasteiger partial charge in [0.1, 0.15) is 17.1 Å². The van der Waals surface area contributed by atoms with E-state index in [1.54, 1.807) is 6.92 Å². The van der Waals surface area contributed by atoms with Gasteiger partial charge < -0.3 is 9.64 Å². The van der Waals surface area contributed by atoms with Crippen LogP contribution in [0.1, 0.15) is 17.3 Å². The summed E-state index contributed by atoms with van der Waals surface area (Å²) in [6.07, 6.45) is 0. The van der Waals surface area contributed by atoms with Crippen LogP contribution in [0.4, 0.5) is 5.82 Å². The van der Waals surface area contributed by atoms with Gasteiger partial charge in [0.15, 0.2) is 5.82 Å². The van der Waals surface area contributed by atoms with E-state index in [4.69, 9.17) is 9.72 Å². The summed E-state index contributed by atoms with van der Waals surface area (Å²) >= 11 is 1.53. The van der Waals surface area contributed by atoms with Gasteiger partial charge in [0.05, 0.1) is 11.5 Å². The number of ether oxygens (including phenoxy) is 1. The number of nitrogens with zero attached hydrogens (tertiary/aromatic N) is 3. The predicted octanol–water partition coefficient (Wildman–Crippen LogP) is 4.11. The van der Waals surface area contributed by atoms with Gasteiger partial charge in [0.25, 0.3) is 0 Å². The lowest BCUT2D eigenvalue weighted by atomic mass is 10.1. The number of aromatic nitrogens is 2. The number of hydrogen-bond acceptors (Lipinski definition) is 6. The lowest BCUT2D eigenvalue weighted by Crippen LogP contribution is -2.19. The summed E-state index contributed by atoms with van der Waals surface area (Å²) in [7, 11) is 3.72. The van der Waals surface area contributed by atoms with Gasteiger partial charge in [-0.1, -0.05) is 36.4 Å². The highest BCUT2D eigenvalue weighted by atomic mass is 32.1. The number of esters is 1. The quantitative estimate of drug-likeness (QED) is 0.646. The molecule has 0 saturated heterocycles. The maximum absolute atomic E-state index is 12.6. The average molecular weight is 353 g/mol. The van der Waals surface area contributed by atoms with E-state index in [2.05, 4.69) is 4.98 Å². The number of carbonyl (C=O) groups excluding carboxylic acids is 1. The SMILES string of the molecule is CCOC(=O)c1c(-c2cccs2)nc(-c2ccccc2)nc1N(C)C. The van der Waals surface area contributed by atoms with Gasteiger partial charge in [-0.15, -0.1) is 11.3 Å². The molecule has 25 heavy (non-hydrogen) atoms. The van der Waals surface area contributed by atoms with E-state index in [0.29, 0.717) is 29.5 Å². The number of carbonyl (C=O) groups is 1. The molecule has 6 heteroatoms. The Kier molecular flexibility index (Phi) is 5.09. The summed E-state index contributed by atoms with van der Waals surface area (Å²) in [6.45, 7) is 2.09. The van der Waals surface area contributed by atoms with Crippen LogP contribution in [-0.2, 0) is 4.74 Å². The Morgan fingerprint density at radius 1 is 1.12 bits per heavy atom. The van der Waals surface area contributed by atoms with Crippen molar-refractivity contribution in [1.29, 1.82) is 0 Å². The summed E-state index contributed by atoms with van der Waals surface area (Å²) in [5, 5.41) is 1.96. The zero-order valence-corrected chi connectivity index (χ0v) is 15.2. The zero-order valence-electron chi connectivity index (χ0n) is 14.4. The summed E-state index contributed by atoms with van der Waals surface area (Å²) < 4.78 is 5.26. The van der Waals surface area contributed by atoms with Crippen LogP contribution in [0.15, 0.2) is 47.8 Å². The molecular formula is C19H19N3O2S. The van der Waals surface area contributed by atoms with Crippen molar-refractivity contribution in [3.05, 3.63) is 53.4 Å². The van der Waals surface area contributed by atoms with Crippen LogP contribution in [0.25, 0.3) is 22.0 Å². The second kappa shape index (κ2) is 7.44. The van der Waals surface area contributed by atoms with Crippen LogP contribution in [-0.4, -0.2) is 36.6 Å². The zero-order chi connectivity index (χ0) is 17.8. The van der Waals surface area contributed by atoms with Crippen molar-refractivity contribution in [3.63, 3.8) is 0 Å². The van der Waals surface area contributed by atoms with Crippen molar-refractivity contribution >= 4 is 23.1 Å². The molecule has 0 bridgehead atoms. The van der Waals surface area contributed by atoms with Gasteiger partial charge in [0, 0.05) is 19.7 Å². The van der Waals surface area contributed by atoms with Crippen molar-refractivity contribution in [2.24, 2.45) is 0 Å². The number of anilines is 1. The molecule has 5 nitrogen and oxygen atoms in total. The molecule has 0 saturated carbocycles. The molecule has 0 aliphatic carbocycles. The van der Waals surface area contributed by atoms with Crippen LogP contribution in [0.3, 0.4) is 0 Å². The normalized spacial score (nSPS) is 10.5. The molecule has 0 aliphatic heterocycles. The highest BCUT2D eigenvalue weighted by molar-refractivity contribution is 7.13. The van der Waals surface area contributed by atoms with E-state index in [1.165, 1.54) is 11.3 Å². The fraction of sp³-hybridized carbons (Fsp3) is 0.211. The molecule has 2 heterocycles. The molecule has 0 radical (unpaired) electrons. The Bertz CT molecular complexity index is 862. The first-order valence-electron chi connectivity index (χ1n) is 7.97. The van der Waals surface area contributed by atoms with Crippen LogP contribution >= 0.6 is 11.3 Å². The summed E-state index contributed by atoms with van der Waals surface area (Å²) in [4.78, 5) is 24.7. The third kappa shape index (κ3) is 3.53. The molecule has 0 aliphatic rings. The molecule has 2 aromatic heterocycles. The molecule has 3 rings (SSSR count). The Balaban J connectivity index is 2.28. The van der Waals surface area contributed by atoms with Crippen molar-refractivity contribution in [2.75, 3.05) is 25.6 Å². The lowest BCUT2D eigenvalue weighted by molar-refractivity contribution is 0.0527. The van der Waals surface area contributed by atoms with Gasteiger partial charge in [-0.2, -0.15) is 0 Å². The van der Waals surface area contributed by atoms with E-state index < -0.39 is 5.97 Å². The van der Waals surface area contributed by atoms with Crippen molar-refractivity contribution in [3.8, 4) is 22.0 Å². The highest BCUT2D eigenvalue weighted by Crippen LogP contribution is 2.33. The Labute approximate surface area is 150 Å². The monoisotopic (exact) mass is 353 g/mol. The molecule has 0 atom stereocenters. The molecular weight excluding hydrogens is 334 g/mol. The molecule has 0 spiro atoms. The molecule has 1 aromatic carbocycles. The topological polar surface area (TPSA) is 55.3 Å². The lowest BCUT2D eigenvalue weighted by Gasteiger charge is -2.19. The fourth-order valence-corrected chi connectivity index (χ4v) is 3.19. The third-order valence-electron chi connectivity index (χ3n) is 3.58. The summed E-state index contributed by atoms with van der Waals surface area (Å²) in [5.41, 5.74) is 1.90. The molecule has 0 unspecified atom stereocenters. The molecule has 3 aromatic rings.